The molecule has 2 heterocycles. The lowest BCUT2D eigenvalue weighted by molar-refractivity contribution is 0.167. The molecule has 0 amide bonds. The first-order valence-corrected chi connectivity index (χ1v) is 11.2. The Balaban J connectivity index is 1.65. The molecule has 0 bridgehead atoms. The molecular formula is C23H32N6O2. The molecule has 2 aromatic heterocycles. The summed E-state index contributed by atoms with van der Waals surface area (Å²) in [5, 5.41) is 13.4. The summed E-state index contributed by atoms with van der Waals surface area (Å²) in [5.74, 6) is 1.64. The maximum absolute atomic E-state index is 12.9. The molecule has 3 aromatic rings. The molecule has 1 fully saturated rings. The van der Waals surface area contributed by atoms with Gasteiger partial charge in [-0.3, -0.25) is 9.69 Å². The van der Waals surface area contributed by atoms with Gasteiger partial charge in [-0.15, -0.1) is 5.10 Å². The predicted octanol–water partition coefficient (Wildman–Crippen LogP) is 3.61. The van der Waals surface area contributed by atoms with E-state index in [-0.39, 0.29) is 11.1 Å². The molecule has 8 nitrogen and oxygen atoms in total. The first-order chi connectivity index (χ1) is 14.8. The SMILES string of the molecule is CCOc1ccc2[nH]c(=O)c(CN(Cc3nnnn3C(C)(C)C)C3CCCC3)cc2c1. The van der Waals surface area contributed by atoms with E-state index in [1.165, 1.54) is 12.8 Å². The molecule has 8 heteroatoms. The highest BCUT2D eigenvalue weighted by atomic mass is 16.5. The second-order valence-electron chi connectivity index (χ2n) is 9.33. The minimum atomic E-state index is -0.198. The molecule has 0 saturated heterocycles. The van der Waals surface area contributed by atoms with E-state index in [1.807, 2.05) is 35.9 Å². The van der Waals surface area contributed by atoms with Crippen LogP contribution in [0, 0.1) is 0 Å². The van der Waals surface area contributed by atoms with Crippen LogP contribution in [0.3, 0.4) is 0 Å². The summed E-state index contributed by atoms with van der Waals surface area (Å²) in [7, 11) is 0. The fourth-order valence-electron chi connectivity index (χ4n) is 4.41. The van der Waals surface area contributed by atoms with E-state index >= 15 is 0 Å². The van der Waals surface area contributed by atoms with Crippen LogP contribution in [0.2, 0.25) is 0 Å². The zero-order valence-corrected chi connectivity index (χ0v) is 18.9. The highest BCUT2D eigenvalue weighted by Gasteiger charge is 2.27. The average molecular weight is 425 g/mol. The molecule has 0 aliphatic heterocycles. The van der Waals surface area contributed by atoms with Gasteiger partial charge >= 0.3 is 0 Å². The van der Waals surface area contributed by atoms with Crippen LogP contribution in [-0.2, 0) is 18.6 Å². The molecule has 0 unspecified atom stereocenters. The quantitative estimate of drug-likeness (QED) is 0.623. The smallest absolute Gasteiger partial charge is 0.252 e. The van der Waals surface area contributed by atoms with Crippen molar-refractivity contribution in [1.82, 2.24) is 30.1 Å². The van der Waals surface area contributed by atoms with Gasteiger partial charge in [0.1, 0.15) is 5.75 Å². The number of aromatic amines is 1. The van der Waals surface area contributed by atoms with Crippen LogP contribution >= 0.6 is 0 Å². The summed E-state index contributed by atoms with van der Waals surface area (Å²) >= 11 is 0. The van der Waals surface area contributed by atoms with Gasteiger partial charge in [0.15, 0.2) is 5.82 Å². The number of nitrogens with one attached hydrogen (secondary N) is 1. The molecule has 1 aromatic carbocycles. The van der Waals surface area contributed by atoms with Crippen molar-refractivity contribution in [2.45, 2.75) is 78.0 Å². The molecule has 0 atom stereocenters. The van der Waals surface area contributed by atoms with E-state index in [0.29, 0.717) is 25.7 Å². The summed E-state index contributed by atoms with van der Waals surface area (Å²) in [4.78, 5) is 18.3. The molecule has 166 valence electrons. The van der Waals surface area contributed by atoms with Gasteiger partial charge in [-0.2, -0.15) is 0 Å². The van der Waals surface area contributed by atoms with Crippen molar-refractivity contribution < 1.29 is 4.74 Å². The number of nitrogens with zero attached hydrogens (tertiary/aromatic N) is 5. The fourth-order valence-corrected chi connectivity index (χ4v) is 4.41. The Labute approximate surface area is 182 Å². The van der Waals surface area contributed by atoms with Crippen molar-refractivity contribution in [1.29, 1.82) is 0 Å². The van der Waals surface area contributed by atoms with Crippen LogP contribution in [0.15, 0.2) is 29.1 Å². The maximum Gasteiger partial charge on any atom is 0.252 e. The number of ether oxygens (including phenoxy) is 1. The Bertz CT molecular complexity index is 1090. The van der Waals surface area contributed by atoms with Crippen LogP contribution in [0.4, 0.5) is 0 Å². The molecule has 1 aliphatic carbocycles. The zero-order valence-electron chi connectivity index (χ0n) is 18.9. The summed E-state index contributed by atoms with van der Waals surface area (Å²) in [6.45, 7) is 10.0. The number of H-pyrrole nitrogens is 1. The number of hydrogen-bond acceptors (Lipinski definition) is 6. The van der Waals surface area contributed by atoms with Crippen LogP contribution in [0.5, 0.6) is 5.75 Å². The number of rotatable bonds is 7. The van der Waals surface area contributed by atoms with Gasteiger partial charge in [0.25, 0.3) is 5.56 Å². The largest absolute Gasteiger partial charge is 0.494 e. The predicted molar refractivity (Wildman–Crippen MR) is 120 cm³/mol. The standard InChI is InChI=1S/C23H32N6O2/c1-5-31-19-10-11-20-16(13-19)12-17(22(30)24-20)14-28(18-8-6-7-9-18)15-21-25-26-27-29(21)23(2,3)4/h10-13,18H,5-9,14-15H2,1-4H3,(H,24,30). The van der Waals surface area contributed by atoms with E-state index in [4.69, 9.17) is 4.74 Å². The van der Waals surface area contributed by atoms with Crippen molar-refractivity contribution in [3.05, 3.63) is 46.0 Å². The minimum Gasteiger partial charge on any atom is -0.494 e. The van der Waals surface area contributed by atoms with Crippen LogP contribution < -0.4 is 10.3 Å². The highest BCUT2D eigenvalue weighted by Crippen LogP contribution is 2.27. The molecule has 0 radical (unpaired) electrons. The number of tetrazole rings is 1. The highest BCUT2D eigenvalue weighted by molar-refractivity contribution is 5.80. The summed E-state index contributed by atoms with van der Waals surface area (Å²) in [6.07, 6.45) is 4.71. The van der Waals surface area contributed by atoms with Gasteiger partial charge in [-0.1, -0.05) is 12.8 Å². The topological polar surface area (TPSA) is 88.9 Å². The third kappa shape index (κ3) is 4.79. The van der Waals surface area contributed by atoms with Gasteiger partial charge in [0.05, 0.1) is 18.7 Å². The van der Waals surface area contributed by atoms with Gasteiger partial charge in [-0.25, -0.2) is 4.68 Å². The Hall–Kier alpha value is -2.74. The van der Waals surface area contributed by atoms with E-state index < -0.39 is 0 Å². The fraction of sp³-hybridized carbons (Fsp3) is 0.565. The first kappa shape index (κ1) is 21.5. The summed E-state index contributed by atoms with van der Waals surface area (Å²) in [6, 6.07) is 8.19. The number of pyridine rings is 1. The van der Waals surface area contributed by atoms with Gasteiger partial charge in [-0.05, 0) is 75.2 Å². The van der Waals surface area contributed by atoms with E-state index in [9.17, 15) is 4.79 Å². The van der Waals surface area contributed by atoms with Gasteiger partial charge < -0.3 is 9.72 Å². The van der Waals surface area contributed by atoms with Gasteiger partial charge in [0.2, 0.25) is 0 Å². The Morgan fingerprint density at radius 2 is 1.97 bits per heavy atom. The molecule has 1 aliphatic rings. The number of hydrogen-bond donors (Lipinski definition) is 1. The monoisotopic (exact) mass is 424 g/mol. The second-order valence-corrected chi connectivity index (χ2v) is 9.33. The number of benzene rings is 1. The van der Waals surface area contributed by atoms with Crippen LogP contribution in [0.1, 0.15) is 64.8 Å². The Morgan fingerprint density at radius 3 is 2.68 bits per heavy atom. The van der Waals surface area contributed by atoms with Crippen molar-refractivity contribution in [2.75, 3.05) is 6.61 Å². The molecule has 4 rings (SSSR count). The van der Waals surface area contributed by atoms with E-state index in [2.05, 4.69) is 46.2 Å². The van der Waals surface area contributed by atoms with Crippen LogP contribution in [0.25, 0.3) is 10.9 Å². The molecule has 31 heavy (non-hydrogen) atoms. The van der Waals surface area contributed by atoms with E-state index in [0.717, 1.165) is 40.9 Å². The zero-order chi connectivity index (χ0) is 22.0. The lowest BCUT2D eigenvalue weighted by Crippen LogP contribution is -2.36. The first-order valence-electron chi connectivity index (χ1n) is 11.2. The third-order valence-corrected chi connectivity index (χ3v) is 5.93. The lowest BCUT2D eigenvalue weighted by Gasteiger charge is -2.29. The Kier molecular flexibility index (Phi) is 6.09. The summed E-state index contributed by atoms with van der Waals surface area (Å²) in [5.41, 5.74) is 1.33. The average Bonchev–Trinajstić information content (AvgIpc) is 3.40. The lowest BCUT2D eigenvalue weighted by atomic mass is 10.1. The second kappa shape index (κ2) is 8.78. The molecule has 0 spiro atoms. The molecule has 1 saturated carbocycles. The molecule has 1 N–H and O–H groups in total. The minimum absolute atomic E-state index is 0.0462. The van der Waals surface area contributed by atoms with Crippen molar-refractivity contribution in [3.8, 4) is 5.75 Å². The number of aromatic nitrogens is 5. The number of fused-ring (bicyclic) bond motifs is 1. The van der Waals surface area contributed by atoms with Crippen molar-refractivity contribution in [2.24, 2.45) is 0 Å². The van der Waals surface area contributed by atoms with E-state index in [1.54, 1.807) is 0 Å². The molecular weight excluding hydrogens is 392 g/mol. The van der Waals surface area contributed by atoms with Gasteiger partial charge in [0, 0.05) is 29.1 Å². The Morgan fingerprint density at radius 1 is 1.19 bits per heavy atom. The normalized spacial score (nSPS) is 15.3. The van der Waals surface area contributed by atoms with Crippen LogP contribution in [-0.4, -0.2) is 42.7 Å². The maximum atomic E-state index is 12.9. The van der Waals surface area contributed by atoms with Crippen molar-refractivity contribution >= 4 is 10.9 Å². The summed E-state index contributed by atoms with van der Waals surface area (Å²) < 4.78 is 7.52. The van der Waals surface area contributed by atoms with Crippen molar-refractivity contribution in [3.63, 3.8) is 0 Å². The third-order valence-electron chi connectivity index (χ3n) is 5.93.